The molecule has 0 aliphatic carbocycles. The van der Waals surface area contributed by atoms with Crippen LogP contribution in [-0.2, 0) is 0 Å². The van der Waals surface area contributed by atoms with E-state index in [1.54, 1.807) is 11.3 Å². The van der Waals surface area contributed by atoms with Gasteiger partial charge in [-0.05, 0) is 59.8 Å². The fourth-order valence-electron chi connectivity index (χ4n) is 1.94. The molecule has 1 atom stereocenters. The highest BCUT2D eigenvalue weighted by atomic mass is 79.9. The molecule has 0 aromatic carbocycles. The number of thiophene rings is 2. The lowest BCUT2D eigenvalue weighted by Gasteiger charge is -2.17. The summed E-state index contributed by atoms with van der Waals surface area (Å²) in [5.74, 6) is 0. The monoisotopic (exact) mass is 377 g/mol. The molecule has 0 saturated heterocycles. The van der Waals surface area contributed by atoms with Crippen LogP contribution in [0.2, 0.25) is 5.02 Å². The van der Waals surface area contributed by atoms with Gasteiger partial charge in [0, 0.05) is 19.1 Å². The van der Waals surface area contributed by atoms with E-state index in [2.05, 4.69) is 53.5 Å². The van der Waals surface area contributed by atoms with Crippen molar-refractivity contribution in [3.8, 4) is 0 Å². The maximum absolute atomic E-state index is 6.45. The van der Waals surface area contributed by atoms with E-state index in [1.807, 2.05) is 11.3 Å². The molecule has 104 valence electrons. The number of rotatable bonds is 5. The van der Waals surface area contributed by atoms with E-state index >= 15 is 0 Å². The van der Waals surface area contributed by atoms with E-state index in [1.165, 1.54) is 19.1 Å². The summed E-state index contributed by atoms with van der Waals surface area (Å²) >= 11 is 13.7. The van der Waals surface area contributed by atoms with Crippen LogP contribution in [0.15, 0.2) is 15.9 Å². The summed E-state index contributed by atoms with van der Waals surface area (Å²) in [7, 11) is 0. The number of hydrogen-bond donors (Lipinski definition) is 1. The van der Waals surface area contributed by atoms with E-state index < -0.39 is 0 Å². The van der Waals surface area contributed by atoms with Crippen molar-refractivity contribution in [2.75, 3.05) is 6.54 Å². The predicted molar refractivity (Wildman–Crippen MR) is 91.0 cm³/mol. The van der Waals surface area contributed by atoms with Crippen molar-refractivity contribution in [3.63, 3.8) is 0 Å². The minimum Gasteiger partial charge on any atom is -0.305 e. The molecule has 0 amide bonds. The van der Waals surface area contributed by atoms with Gasteiger partial charge in [0.15, 0.2) is 0 Å². The molecule has 2 heterocycles. The Bertz CT molecular complexity index is 560. The highest BCUT2D eigenvalue weighted by Gasteiger charge is 2.23. The van der Waals surface area contributed by atoms with Gasteiger partial charge in [0.2, 0.25) is 0 Å². The first kappa shape index (κ1) is 15.5. The van der Waals surface area contributed by atoms with Crippen LogP contribution in [0, 0.1) is 13.8 Å². The van der Waals surface area contributed by atoms with Crippen LogP contribution in [-0.4, -0.2) is 6.54 Å². The third kappa shape index (κ3) is 3.42. The van der Waals surface area contributed by atoms with Crippen molar-refractivity contribution in [1.29, 1.82) is 0 Å². The van der Waals surface area contributed by atoms with Gasteiger partial charge in [-0.3, -0.25) is 0 Å². The molecule has 0 radical (unpaired) electrons. The number of nitrogens with one attached hydrogen (secondary N) is 1. The van der Waals surface area contributed by atoms with Gasteiger partial charge >= 0.3 is 0 Å². The van der Waals surface area contributed by atoms with Gasteiger partial charge in [0.1, 0.15) is 0 Å². The molecule has 1 nitrogen and oxygen atoms in total. The Labute approximate surface area is 136 Å². The zero-order chi connectivity index (χ0) is 14.0. The first-order chi connectivity index (χ1) is 9.04. The van der Waals surface area contributed by atoms with Crippen LogP contribution in [0.25, 0.3) is 0 Å². The molecule has 2 aromatic heterocycles. The summed E-state index contributed by atoms with van der Waals surface area (Å²) in [6.45, 7) is 7.37. The minimum atomic E-state index is 0.194. The Morgan fingerprint density at radius 3 is 2.58 bits per heavy atom. The molecular weight excluding hydrogens is 362 g/mol. The summed E-state index contributed by atoms with van der Waals surface area (Å²) in [6, 6.07) is 2.37. The van der Waals surface area contributed by atoms with Crippen molar-refractivity contribution < 1.29 is 0 Å². The number of hydrogen-bond acceptors (Lipinski definition) is 3. The van der Waals surface area contributed by atoms with Crippen LogP contribution in [0.4, 0.5) is 0 Å². The van der Waals surface area contributed by atoms with Crippen LogP contribution in [0.5, 0.6) is 0 Å². The minimum absolute atomic E-state index is 0.194. The molecule has 2 rings (SSSR count). The fraction of sp³-hybridized carbons (Fsp3) is 0.429. The third-order valence-corrected chi connectivity index (χ3v) is 6.70. The molecule has 0 fully saturated rings. The van der Waals surface area contributed by atoms with Gasteiger partial charge in [-0.1, -0.05) is 18.5 Å². The Kier molecular flexibility index (Phi) is 5.49. The highest BCUT2D eigenvalue weighted by molar-refractivity contribution is 9.10. The van der Waals surface area contributed by atoms with E-state index in [0.29, 0.717) is 0 Å². The maximum atomic E-state index is 6.45. The van der Waals surface area contributed by atoms with Gasteiger partial charge in [-0.15, -0.1) is 22.7 Å². The van der Waals surface area contributed by atoms with E-state index in [4.69, 9.17) is 11.6 Å². The van der Waals surface area contributed by atoms with E-state index in [-0.39, 0.29) is 6.04 Å². The molecule has 0 bridgehead atoms. The lowest BCUT2D eigenvalue weighted by Crippen LogP contribution is -2.22. The van der Waals surface area contributed by atoms with E-state index in [9.17, 15) is 0 Å². The lowest BCUT2D eigenvalue weighted by atomic mass is 10.1. The molecule has 0 saturated carbocycles. The first-order valence-electron chi connectivity index (χ1n) is 6.27. The maximum Gasteiger partial charge on any atom is 0.0791 e. The Morgan fingerprint density at radius 2 is 2.11 bits per heavy atom. The lowest BCUT2D eigenvalue weighted by molar-refractivity contribution is 0.611. The van der Waals surface area contributed by atoms with Gasteiger partial charge < -0.3 is 5.32 Å². The molecule has 1 unspecified atom stereocenters. The van der Waals surface area contributed by atoms with Gasteiger partial charge in [-0.2, -0.15) is 0 Å². The fourth-order valence-corrected chi connectivity index (χ4v) is 5.36. The Hall–Kier alpha value is 0.130. The molecular formula is C14H17BrClNS2. The van der Waals surface area contributed by atoms with Gasteiger partial charge in [-0.25, -0.2) is 0 Å². The zero-order valence-corrected chi connectivity index (χ0v) is 15.2. The predicted octanol–water partition coefficient (Wildman–Crippen LogP) is 5.93. The first-order valence-corrected chi connectivity index (χ1v) is 9.14. The number of halogens is 2. The highest BCUT2D eigenvalue weighted by Crippen LogP contribution is 2.41. The second-order valence-electron chi connectivity index (χ2n) is 4.55. The summed E-state index contributed by atoms with van der Waals surface area (Å²) in [4.78, 5) is 3.85. The largest absolute Gasteiger partial charge is 0.305 e. The topological polar surface area (TPSA) is 12.0 Å². The zero-order valence-electron chi connectivity index (χ0n) is 11.2. The molecule has 2 aromatic rings. The van der Waals surface area contributed by atoms with Gasteiger partial charge in [0.25, 0.3) is 0 Å². The van der Waals surface area contributed by atoms with Crippen LogP contribution in [0.3, 0.4) is 0 Å². The molecule has 19 heavy (non-hydrogen) atoms. The Balaban J connectivity index is 2.41. The van der Waals surface area contributed by atoms with Crippen molar-refractivity contribution in [2.24, 2.45) is 0 Å². The van der Waals surface area contributed by atoms with Crippen molar-refractivity contribution in [2.45, 2.75) is 33.2 Å². The summed E-state index contributed by atoms with van der Waals surface area (Å²) in [5.41, 5.74) is 1.16. The Morgan fingerprint density at radius 1 is 1.37 bits per heavy atom. The summed E-state index contributed by atoms with van der Waals surface area (Å²) < 4.78 is 1.17. The third-order valence-electron chi connectivity index (χ3n) is 2.88. The van der Waals surface area contributed by atoms with Crippen molar-refractivity contribution in [3.05, 3.63) is 41.1 Å². The van der Waals surface area contributed by atoms with Crippen LogP contribution in [0.1, 0.15) is 39.6 Å². The molecule has 0 aliphatic rings. The molecule has 0 spiro atoms. The van der Waals surface area contributed by atoms with Gasteiger partial charge in [0.05, 0.1) is 11.1 Å². The molecule has 0 aliphatic heterocycles. The van der Waals surface area contributed by atoms with Crippen molar-refractivity contribution in [1.82, 2.24) is 5.32 Å². The normalized spacial score (nSPS) is 12.9. The molecule has 5 heteroatoms. The summed E-state index contributed by atoms with van der Waals surface area (Å²) in [6.07, 6.45) is 1.11. The smallest absolute Gasteiger partial charge is 0.0791 e. The summed E-state index contributed by atoms with van der Waals surface area (Å²) in [5, 5.41) is 6.65. The second kappa shape index (κ2) is 6.72. The standard InChI is InChI=1S/C14H17BrClNS2/c1-4-5-17-12(13-10(15)6-9(3)19-13)14-11(16)8(2)7-18-14/h6-7,12,17H,4-5H2,1-3H3. The average molecular weight is 379 g/mol. The number of aryl methyl sites for hydroxylation is 2. The van der Waals surface area contributed by atoms with Crippen LogP contribution >= 0.6 is 50.2 Å². The van der Waals surface area contributed by atoms with Crippen molar-refractivity contribution >= 4 is 50.2 Å². The quantitative estimate of drug-likeness (QED) is 0.679. The second-order valence-corrected chi connectivity index (χ2v) is 7.98. The van der Waals surface area contributed by atoms with E-state index in [0.717, 1.165) is 23.6 Å². The SMILES string of the molecule is CCCNC(c1sc(C)cc1Br)c1scc(C)c1Cl. The molecule has 1 N–H and O–H groups in total. The average Bonchev–Trinajstić information content (AvgIpc) is 2.86. The van der Waals surface area contributed by atoms with Crippen LogP contribution < -0.4 is 5.32 Å².